The minimum Gasteiger partial charge on any atom is -0.276 e. The minimum absolute atomic E-state index is 0.278. The van der Waals surface area contributed by atoms with Crippen LogP contribution in [0.3, 0.4) is 0 Å². The molecule has 1 aromatic heterocycles. The van der Waals surface area contributed by atoms with Gasteiger partial charge in [0.25, 0.3) is 0 Å². The smallest absolute Gasteiger partial charge is 0.0521 e. The highest BCUT2D eigenvalue weighted by atomic mass is 35.5. The van der Waals surface area contributed by atoms with E-state index in [-0.39, 0.29) is 5.38 Å². The Balaban J connectivity index is 2.35. The predicted octanol–water partition coefficient (Wildman–Crippen LogP) is 2.62. The standard InChI is InChI=1S/C10H17ClN2/c1-8(2)10(11)5-4-9-6-12-13(3)7-9/h6-8,10H,4-5H2,1-3H3. The summed E-state index contributed by atoms with van der Waals surface area (Å²) in [4.78, 5) is 0. The maximum atomic E-state index is 6.15. The molecule has 0 radical (unpaired) electrons. The summed E-state index contributed by atoms with van der Waals surface area (Å²) in [6, 6.07) is 0. The maximum absolute atomic E-state index is 6.15. The Morgan fingerprint density at radius 1 is 1.54 bits per heavy atom. The first-order valence-electron chi connectivity index (χ1n) is 4.71. The van der Waals surface area contributed by atoms with Crippen LogP contribution < -0.4 is 0 Å². The normalized spacial score (nSPS) is 13.6. The van der Waals surface area contributed by atoms with Crippen molar-refractivity contribution in [2.75, 3.05) is 0 Å². The van der Waals surface area contributed by atoms with E-state index in [1.807, 2.05) is 24.1 Å². The molecule has 0 spiro atoms. The van der Waals surface area contributed by atoms with E-state index in [1.54, 1.807) is 0 Å². The first-order chi connectivity index (χ1) is 6.09. The number of aryl methyl sites for hydroxylation is 2. The van der Waals surface area contributed by atoms with E-state index in [9.17, 15) is 0 Å². The zero-order valence-electron chi connectivity index (χ0n) is 8.50. The Hall–Kier alpha value is -0.500. The summed E-state index contributed by atoms with van der Waals surface area (Å²) in [6.45, 7) is 4.31. The molecule has 1 atom stereocenters. The third-order valence-electron chi connectivity index (χ3n) is 2.19. The van der Waals surface area contributed by atoms with Gasteiger partial charge in [-0.25, -0.2) is 0 Å². The third kappa shape index (κ3) is 3.39. The molecule has 1 aromatic rings. The molecule has 1 heterocycles. The fourth-order valence-electron chi connectivity index (χ4n) is 1.24. The van der Waals surface area contributed by atoms with Gasteiger partial charge in [-0.1, -0.05) is 13.8 Å². The van der Waals surface area contributed by atoms with Gasteiger partial charge < -0.3 is 0 Å². The molecule has 0 saturated carbocycles. The molecular weight excluding hydrogens is 184 g/mol. The van der Waals surface area contributed by atoms with Crippen molar-refractivity contribution in [2.45, 2.75) is 32.1 Å². The first kappa shape index (κ1) is 10.6. The highest BCUT2D eigenvalue weighted by Crippen LogP contribution is 2.16. The van der Waals surface area contributed by atoms with Crippen LogP contribution in [0.25, 0.3) is 0 Å². The quantitative estimate of drug-likeness (QED) is 0.684. The molecule has 3 heteroatoms. The van der Waals surface area contributed by atoms with Crippen molar-refractivity contribution in [2.24, 2.45) is 13.0 Å². The topological polar surface area (TPSA) is 17.8 Å². The number of rotatable bonds is 4. The second kappa shape index (κ2) is 4.66. The van der Waals surface area contributed by atoms with Gasteiger partial charge in [0.05, 0.1) is 6.20 Å². The van der Waals surface area contributed by atoms with E-state index < -0.39 is 0 Å². The van der Waals surface area contributed by atoms with Gasteiger partial charge in [-0.15, -0.1) is 11.6 Å². The molecule has 1 unspecified atom stereocenters. The van der Waals surface area contributed by atoms with Crippen molar-refractivity contribution in [3.8, 4) is 0 Å². The number of nitrogens with zero attached hydrogens (tertiary/aromatic N) is 2. The van der Waals surface area contributed by atoms with E-state index in [0.717, 1.165) is 12.8 Å². The molecule has 0 aromatic carbocycles. The van der Waals surface area contributed by atoms with Gasteiger partial charge in [0.15, 0.2) is 0 Å². The van der Waals surface area contributed by atoms with Crippen molar-refractivity contribution in [3.63, 3.8) is 0 Å². The van der Waals surface area contributed by atoms with Crippen LogP contribution in [-0.2, 0) is 13.5 Å². The largest absolute Gasteiger partial charge is 0.276 e. The Morgan fingerprint density at radius 3 is 2.69 bits per heavy atom. The number of hydrogen-bond acceptors (Lipinski definition) is 1. The lowest BCUT2D eigenvalue weighted by Crippen LogP contribution is -2.08. The highest BCUT2D eigenvalue weighted by Gasteiger charge is 2.09. The summed E-state index contributed by atoms with van der Waals surface area (Å²) in [7, 11) is 1.93. The third-order valence-corrected chi connectivity index (χ3v) is 2.91. The fraction of sp³-hybridized carbons (Fsp3) is 0.700. The molecule has 0 aliphatic rings. The Bertz CT molecular complexity index is 255. The number of hydrogen-bond donors (Lipinski definition) is 0. The van der Waals surface area contributed by atoms with Gasteiger partial charge in [0.1, 0.15) is 0 Å². The number of alkyl halides is 1. The average molecular weight is 201 g/mol. The van der Waals surface area contributed by atoms with Gasteiger partial charge in [0.2, 0.25) is 0 Å². The van der Waals surface area contributed by atoms with Gasteiger partial charge in [-0.3, -0.25) is 4.68 Å². The highest BCUT2D eigenvalue weighted by molar-refractivity contribution is 6.20. The van der Waals surface area contributed by atoms with Crippen LogP contribution in [0, 0.1) is 5.92 Å². The molecule has 1 rings (SSSR count). The number of halogens is 1. The summed E-state index contributed by atoms with van der Waals surface area (Å²) in [5.41, 5.74) is 1.27. The van der Waals surface area contributed by atoms with E-state index in [4.69, 9.17) is 11.6 Å². The van der Waals surface area contributed by atoms with Crippen LogP contribution in [0.15, 0.2) is 12.4 Å². The zero-order chi connectivity index (χ0) is 9.84. The maximum Gasteiger partial charge on any atom is 0.0521 e. The number of aromatic nitrogens is 2. The van der Waals surface area contributed by atoms with E-state index in [2.05, 4.69) is 18.9 Å². The van der Waals surface area contributed by atoms with Crippen LogP contribution in [0.1, 0.15) is 25.8 Å². The van der Waals surface area contributed by atoms with Gasteiger partial charge in [0, 0.05) is 18.6 Å². The van der Waals surface area contributed by atoms with Crippen molar-refractivity contribution in [1.29, 1.82) is 0 Å². The summed E-state index contributed by atoms with van der Waals surface area (Å²) in [5, 5.41) is 4.39. The van der Waals surface area contributed by atoms with Crippen LogP contribution in [0.2, 0.25) is 0 Å². The van der Waals surface area contributed by atoms with Crippen molar-refractivity contribution in [1.82, 2.24) is 9.78 Å². The van der Waals surface area contributed by atoms with Crippen LogP contribution in [0.5, 0.6) is 0 Å². The molecule has 0 amide bonds. The van der Waals surface area contributed by atoms with Crippen molar-refractivity contribution in [3.05, 3.63) is 18.0 Å². The summed E-state index contributed by atoms with van der Waals surface area (Å²) >= 11 is 6.15. The SMILES string of the molecule is CC(C)C(Cl)CCc1cnn(C)c1. The van der Waals surface area contributed by atoms with Crippen molar-refractivity contribution >= 4 is 11.6 Å². The average Bonchev–Trinajstić information content (AvgIpc) is 2.47. The predicted molar refractivity (Wildman–Crippen MR) is 56.0 cm³/mol. The molecule has 2 nitrogen and oxygen atoms in total. The zero-order valence-corrected chi connectivity index (χ0v) is 9.25. The van der Waals surface area contributed by atoms with Crippen LogP contribution in [0.4, 0.5) is 0 Å². The Labute approximate surface area is 84.9 Å². The molecule has 74 valence electrons. The van der Waals surface area contributed by atoms with Gasteiger partial charge in [-0.05, 0) is 24.3 Å². The molecule has 0 fully saturated rings. The first-order valence-corrected chi connectivity index (χ1v) is 5.15. The lowest BCUT2D eigenvalue weighted by Gasteiger charge is -2.11. The van der Waals surface area contributed by atoms with E-state index in [0.29, 0.717) is 5.92 Å². The molecule has 0 aliphatic carbocycles. The van der Waals surface area contributed by atoms with Crippen LogP contribution in [-0.4, -0.2) is 15.2 Å². The minimum atomic E-state index is 0.278. The lowest BCUT2D eigenvalue weighted by atomic mass is 10.0. The summed E-state index contributed by atoms with van der Waals surface area (Å²) in [5.74, 6) is 0.554. The van der Waals surface area contributed by atoms with Gasteiger partial charge in [-0.2, -0.15) is 5.10 Å². The molecule has 0 N–H and O–H groups in total. The molecule has 0 bridgehead atoms. The second-order valence-corrected chi connectivity index (χ2v) is 4.38. The Kier molecular flexibility index (Phi) is 3.79. The van der Waals surface area contributed by atoms with Crippen molar-refractivity contribution < 1.29 is 0 Å². The molecule has 0 aliphatic heterocycles. The molecular formula is C10H17ClN2. The van der Waals surface area contributed by atoms with Gasteiger partial charge >= 0.3 is 0 Å². The summed E-state index contributed by atoms with van der Waals surface area (Å²) in [6.07, 6.45) is 6.01. The van der Waals surface area contributed by atoms with E-state index >= 15 is 0 Å². The van der Waals surface area contributed by atoms with E-state index in [1.165, 1.54) is 5.56 Å². The molecule has 0 saturated heterocycles. The summed E-state index contributed by atoms with van der Waals surface area (Å²) < 4.78 is 1.83. The second-order valence-electron chi connectivity index (χ2n) is 3.82. The fourth-order valence-corrected chi connectivity index (χ4v) is 1.35. The monoisotopic (exact) mass is 200 g/mol. The van der Waals surface area contributed by atoms with Crippen LogP contribution >= 0.6 is 11.6 Å². The lowest BCUT2D eigenvalue weighted by molar-refractivity contribution is 0.565. The molecule has 13 heavy (non-hydrogen) atoms. The Morgan fingerprint density at radius 2 is 2.23 bits per heavy atom.